The van der Waals surface area contributed by atoms with Crippen molar-refractivity contribution in [2.24, 2.45) is 0 Å². The van der Waals surface area contributed by atoms with Crippen LogP contribution in [0.2, 0.25) is 0 Å². The molecule has 21 heavy (non-hydrogen) atoms. The fourth-order valence-corrected chi connectivity index (χ4v) is 3.71. The van der Waals surface area contributed by atoms with Crippen LogP contribution in [-0.4, -0.2) is 5.11 Å². The van der Waals surface area contributed by atoms with Gasteiger partial charge in [-0.05, 0) is 57.6 Å². The Morgan fingerprint density at radius 2 is 1.81 bits per heavy atom. The smallest absolute Gasteiger partial charge is 0.132 e. The van der Waals surface area contributed by atoms with Crippen molar-refractivity contribution in [1.29, 1.82) is 0 Å². The summed E-state index contributed by atoms with van der Waals surface area (Å²) in [5, 5.41) is 9.70. The van der Waals surface area contributed by atoms with Crippen molar-refractivity contribution in [1.82, 2.24) is 0 Å². The summed E-state index contributed by atoms with van der Waals surface area (Å²) in [6, 6.07) is 13.8. The lowest BCUT2D eigenvalue weighted by Crippen LogP contribution is -2.41. The summed E-state index contributed by atoms with van der Waals surface area (Å²) in [4.78, 5) is 0. The van der Waals surface area contributed by atoms with Gasteiger partial charge in [0.1, 0.15) is 17.1 Å². The lowest BCUT2D eigenvalue weighted by Gasteiger charge is -2.44. The molecule has 2 nitrogen and oxygen atoms in total. The van der Waals surface area contributed by atoms with E-state index in [4.69, 9.17) is 4.74 Å². The van der Waals surface area contributed by atoms with Crippen LogP contribution < -0.4 is 4.74 Å². The zero-order valence-corrected chi connectivity index (χ0v) is 14.1. The second kappa shape index (κ2) is 4.77. The SMILES string of the molecule is CC1(C)CC(C)(c2ccc(O)c(Br)c2)Oc2ccccc21. The summed E-state index contributed by atoms with van der Waals surface area (Å²) in [7, 11) is 0. The minimum atomic E-state index is -0.409. The van der Waals surface area contributed by atoms with Crippen LogP contribution in [0.3, 0.4) is 0 Å². The first-order valence-corrected chi connectivity index (χ1v) is 7.89. The third-order valence-corrected chi connectivity index (χ3v) is 4.92. The van der Waals surface area contributed by atoms with Gasteiger partial charge in [0.2, 0.25) is 0 Å². The van der Waals surface area contributed by atoms with E-state index in [0.29, 0.717) is 4.47 Å². The topological polar surface area (TPSA) is 29.5 Å². The number of fused-ring (bicyclic) bond motifs is 1. The zero-order valence-electron chi connectivity index (χ0n) is 12.5. The monoisotopic (exact) mass is 346 g/mol. The molecule has 1 aliphatic heterocycles. The third-order valence-electron chi connectivity index (χ3n) is 4.29. The van der Waals surface area contributed by atoms with Gasteiger partial charge < -0.3 is 9.84 Å². The molecule has 0 saturated heterocycles. The van der Waals surface area contributed by atoms with Crippen molar-refractivity contribution in [2.45, 2.75) is 38.2 Å². The summed E-state index contributed by atoms with van der Waals surface area (Å²) in [5.74, 6) is 1.19. The molecular weight excluding hydrogens is 328 g/mol. The molecule has 0 radical (unpaired) electrons. The minimum absolute atomic E-state index is 0.0357. The second-order valence-electron chi connectivity index (χ2n) is 6.56. The summed E-state index contributed by atoms with van der Waals surface area (Å²) < 4.78 is 7.03. The van der Waals surface area contributed by atoms with Gasteiger partial charge in [-0.2, -0.15) is 0 Å². The molecule has 0 aromatic heterocycles. The standard InChI is InChI=1S/C18H19BrO2/c1-17(2)11-18(3,12-8-9-15(20)14(19)10-12)21-16-7-5-4-6-13(16)17/h4-10,20H,11H2,1-3H3. The highest BCUT2D eigenvalue weighted by Gasteiger charge is 2.42. The predicted octanol–water partition coefficient (Wildman–Crippen LogP) is 5.13. The number of ether oxygens (including phenoxy) is 1. The molecule has 1 heterocycles. The Morgan fingerprint density at radius 1 is 1.10 bits per heavy atom. The highest BCUT2D eigenvalue weighted by Crippen LogP contribution is 2.49. The molecule has 0 amide bonds. The maximum atomic E-state index is 9.70. The predicted molar refractivity (Wildman–Crippen MR) is 87.9 cm³/mol. The maximum Gasteiger partial charge on any atom is 0.132 e. The molecule has 2 aromatic rings. The fourth-order valence-electron chi connectivity index (χ4n) is 3.33. The van der Waals surface area contributed by atoms with Crippen molar-refractivity contribution in [3.8, 4) is 11.5 Å². The molecule has 0 fully saturated rings. The quantitative estimate of drug-likeness (QED) is 0.775. The molecule has 2 aromatic carbocycles. The van der Waals surface area contributed by atoms with E-state index < -0.39 is 5.60 Å². The van der Waals surface area contributed by atoms with Crippen molar-refractivity contribution >= 4 is 15.9 Å². The molecule has 0 spiro atoms. The first kappa shape index (κ1) is 14.5. The van der Waals surface area contributed by atoms with Crippen LogP contribution in [0.15, 0.2) is 46.9 Å². The number of para-hydroxylation sites is 1. The lowest BCUT2D eigenvalue weighted by molar-refractivity contribution is 0.0324. The van der Waals surface area contributed by atoms with Gasteiger partial charge >= 0.3 is 0 Å². The van der Waals surface area contributed by atoms with Gasteiger partial charge in [0.05, 0.1) is 4.47 Å². The molecule has 3 heteroatoms. The van der Waals surface area contributed by atoms with Crippen molar-refractivity contribution in [3.63, 3.8) is 0 Å². The van der Waals surface area contributed by atoms with Gasteiger partial charge in [-0.15, -0.1) is 0 Å². The highest BCUT2D eigenvalue weighted by atomic mass is 79.9. The highest BCUT2D eigenvalue weighted by molar-refractivity contribution is 9.10. The van der Waals surface area contributed by atoms with Crippen molar-refractivity contribution in [2.75, 3.05) is 0 Å². The number of halogens is 1. The van der Waals surface area contributed by atoms with Crippen LogP contribution in [0, 0.1) is 0 Å². The van der Waals surface area contributed by atoms with E-state index >= 15 is 0 Å². The Balaban J connectivity index is 2.09. The Morgan fingerprint density at radius 3 is 2.52 bits per heavy atom. The average Bonchev–Trinajstić information content (AvgIpc) is 2.41. The van der Waals surface area contributed by atoms with Gasteiger partial charge in [-0.1, -0.05) is 38.1 Å². The molecule has 0 saturated carbocycles. The minimum Gasteiger partial charge on any atom is -0.507 e. The molecular formula is C18H19BrO2. The van der Waals surface area contributed by atoms with Gasteiger partial charge in [-0.3, -0.25) is 0 Å². The lowest BCUT2D eigenvalue weighted by atomic mass is 9.71. The summed E-state index contributed by atoms with van der Waals surface area (Å²) in [6.07, 6.45) is 0.883. The molecule has 1 aliphatic rings. The van der Waals surface area contributed by atoms with Gasteiger partial charge in [-0.25, -0.2) is 0 Å². The molecule has 0 bridgehead atoms. The van der Waals surface area contributed by atoms with E-state index in [1.807, 2.05) is 24.3 Å². The Labute approximate surface area is 133 Å². The molecule has 1 N–H and O–H groups in total. The van der Waals surface area contributed by atoms with Crippen molar-refractivity contribution < 1.29 is 9.84 Å². The molecule has 3 rings (SSSR count). The van der Waals surface area contributed by atoms with Gasteiger partial charge in [0, 0.05) is 6.42 Å². The number of phenolic OH excluding ortho intramolecular Hbond substituents is 1. The van der Waals surface area contributed by atoms with Gasteiger partial charge in [0.15, 0.2) is 0 Å². The van der Waals surface area contributed by atoms with Gasteiger partial charge in [0.25, 0.3) is 0 Å². The summed E-state index contributed by atoms with van der Waals surface area (Å²) in [6.45, 7) is 6.62. The average molecular weight is 347 g/mol. The van der Waals surface area contributed by atoms with Crippen LogP contribution in [0.4, 0.5) is 0 Å². The number of rotatable bonds is 1. The zero-order chi connectivity index (χ0) is 15.3. The first-order chi connectivity index (χ1) is 9.82. The molecule has 110 valence electrons. The number of hydrogen-bond donors (Lipinski definition) is 1. The number of benzene rings is 2. The number of hydrogen-bond acceptors (Lipinski definition) is 2. The normalized spacial score (nSPS) is 23.2. The van der Waals surface area contributed by atoms with Crippen LogP contribution in [-0.2, 0) is 11.0 Å². The Hall–Kier alpha value is -1.48. The van der Waals surface area contributed by atoms with E-state index in [9.17, 15) is 5.11 Å². The third kappa shape index (κ3) is 2.44. The van der Waals surface area contributed by atoms with Crippen LogP contribution in [0.1, 0.15) is 38.3 Å². The largest absolute Gasteiger partial charge is 0.507 e. The van der Waals surface area contributed by atoms with Crippen LogP contribution >= 0.6 is 15.9 Å². The molecule has 1 unspecified atom stereocenters. The van der Waals surface area contributed by atoms with E-state index in [1.54, 1.807) is 6.07 Å². The van der Waals surface area contributed by atoms with E-state index in [-0.39, 0.29) is 11.2 Å². The first-order valence-electron chi connectivity index (χ1n) is 7.09. The van der Waals surface area contributed by atoms with Crippen LogP contribution in [0.25, 0.3) is 0 Å². The maximum absolute atomic E-state index is 9.70. The van der Waals surface area contributed by atoms with E-state index in [2.05, 4.69) is 48.8 Å². The number of phenols is 1. The Kier molecular flexibility index (Phi) is 3.28. The Bertz CT molecular complexity index is 693. The second-order valence-corrected chi connectivity index (χ2v) is 7.41. The van der Waals surface area contributed by atoms with Crippen LogP contribution in [0.5, 0.6) is 11.5 Å². The molecule has 0 aliphatic carbocycles. The summed E-state index contributed by atoms with van der Waals surface area (Å²) >= 11 is 3.39. The number of aromatic hydroxyl groups is 1. The fraction of sp³-hybridized carbons (Fsp3) is 0.333. The van der Waals surface area contributed by atoms with E-state index in [1.165, 1.54) is 5.56 Å². The van der Waals surface area contributed by atoms with Crippen molar-refractivity contribution in [3.05, 3.63) is 58.1 Å². The van der Waals surface area contributed by atoms with E-state index in [0.717, 1.165) is 17.7 Å². The molecule has 1 atom stereocenters. The summed E-state index contributed by atoms with van der Waals surface area (Å²) in [5.41, 5.74) is 1.94.